The standard InChI is InChI=1S/C18H37N3O2/c1-5-19-17(20-11-7-12-23-14-16(3)4)21-15-18(8-9-18)10-13-22-6-2/h16H,5-15H2,1-4H3,(H2,19,20,21). The molecule has 5 nitrogen and oxygen atoms in total. The minimum absolute atomic E-state index is 0.401. The van der Waals surface area contributed by atoms with Gasteiger partial charge in [0.2, 0.25) is 0 Å². The smallest absolute Gasteiger partial charge is 0.191 e. The molecule has 0 saturated heterocycles. The highest BCUT2D eigenvalue weighted by atomic mass is 16.5. The van der Waals surface area contributed by atoms with Gasteiger partial charge < -0.3 is 20.1 Å². The maximum absolute atomic E-state index is 5.60. The van der Waals surface area contributed by atoms with E-state index in [0.717, 1.165) is 64.9 Å². The third kappa shape index (κ3) is 9.82. The second-order valence-electron chi connectivity index (χ2n) is 6.89. The molecule has 0 heterocycles. The van der Waals surface area contributed by atoms with Gasteiger partial charge in [0.05, 0.1) is 0 Å². The second kappa shape index (κ2) is 11.7. The van der Waals surface area contributed by atoms with E-state index in [1.54, 1.807) is 0 Å². The summed E-state index contributed by atoms with van der Waals surface area (Å²) < 4.78 is 11.1. The van der Waals surface area contributed by atoms with Gasteiger partial charge >= 0.3 is 0 Å². The summed E-state index contributed by atoms with van der Waals surface area (Å²) in [5.41, 5.74) is 0.401. The van der Waals surface area contributed by atoms with E-state index in [0.29, 0.717) is 11.3 Å². The topological polar surface area (TPSA) is 54.9 Å². The van der Waals surface area contributed by atoms with E-state index in [1.807, 2.05) is 0 Å². The first-order valence-corrected chi connectivity index (χ1v) is 9.29. The Morgan fingerprint density at radius 3 is 2.52 bits per heavy atom. The molecule has 1 aliphatic rings. The molecule has 0 bridgehead atoms. The Morgan fingerprint density at radius 1 is 1.13 bits per heavy atom. The van der Waals surface area contributed by atoms with Crippen molar-refractivity contribution >= 4 is 5.96 Å². The SMILES string of the molecule is CCNC(=NCC1(CCOCC)CC1)NCCCOCC(C)C. The Labute approximate surface area is 142 Å². The molecule has 0 aromatic heterocycles. The number of hydrogen-bond donors (Lipinski definition) is 2. The molecule has 0 spiro atoms. The number of rotatable bonds is 13. The third-order valence-electron chi connectivity index (χ3n) is 4.06. The lowest BCUT2D eigenvalue weighted by molar-refractivity contribution is 0.108. The van der Waals surface area contributed by atoms with Gasteiger partial charge in [0.1, 0.15) is 0 Å². The van der Waals surface area contributed by atoms with Crippen molar-refractivity contribution in [1.29, 1.82) is 0 Å². The number of hydrogen-bond acceptors (Lipinski definition) is 3. The highest BCUT2D eigenvalue weighted by molar-refractivity contribution is 5.79. The molecule has 5 heteroatoms. The maximum Gasteiger partial charge on any atom is 0.191 e. The van der Waals surface area contributed by atoms with Crippen LogP contribution in [-0.2, 0) is 9.47 Å². The molecule has 0 aromatic rings. The average Bonchev–Trinajstić information content (AvgIpc) is 3.28. The van der Waals surface area contributed by atoms with Crippen molar-refractivity contribution in [1.82, 2.24) is 10.6 Å². The van der Waals surface area contributed by atoms with Crippen LogP contribution >= 0.6 is 0 Å². The molecule has 1 rings (SSSR count). The monoisotopic (exact) mass is 327 g/mol. The predicted molar refractivity (Wildman–Crippen MR) is 97.0 cm³/mol. The summed E-state index contributed by atoms with van der Waals surface area (Å²) in [4.78, 5) is 4.77. The molecule has 0 atom stereocenters. The Balaban J connectivity index is 2.22. The van der Waals surface area contributed by atoms with Crippen molar-refractivity contribution in [2.24, 2.45) is 16.3 Å². The van der Waals surface area contributed by atoms with E-state index < -0.39 is 0 Å². The quantitative estimate of drug-likeness (QED) is 0.310. The Kier molecular flexibility index (Phi) is 10.3. The molecule has 2 N–H and O–H groups in total. The molecule has 0 unspecified atom stereocenters. The van der Waals surface area contributed by atoms with Gasteiger partial charge in [-0.1, -0.05) is 13.8 Å². The van der Waals surface area contributed by atoms with E-state index in [9.17, 15) is 0 Å². The molecule has 0 aromatic carbocycles. The zero-order chi connectivity index (χ0) is 17.0. The summed E-state index contributed by atoms with van der Waals surface area (Å²) in [6, 6.07) is 0. The number of aliphatic imine (C=N–C) groups is 1. The molecule has 1 aliphatic carbocycles. The van der Waals surface area contributed by atoms with Gasteiger partial charge in [0, 0.05) is 46.1 Å². The minimum Gasteiger partial charge on any atom is -0.382 e. The van der Waals surface area contributed by atoms with E-state index in [-0.39, 0.29) is 0 Å². The van der Waals surface area contributed by atoms with Gasteiger partial charge in [-0.05, 0) is 50.9 Å². The summed E-state index contributed by atoms with van der Waals surface area (Å²) in [5.74, 6) is 1.53. The third-order valence-corrected chi connectivity index (χ3v) is 4.06. The lowest BCUT2D eigenvalue weighted by atomic mass is 10.0. The van der Waals surface area contributed by atoms with Crippen LogP contribution in [0.15, 0.2) is 4.99 Å². The van der Waals surface area contributed by atoms with Crippen molar-refractivity contribution in [2.45, 2.75) is 53.4 Å². The summed E-state index contributed by atoms with van der Waals surface area (Å²) in [6.45, 7) is 14.5. The van der Waals surface area contributed by atoms with Crippen LogP contribution < -0.4 is 10.6 Å². The first kappa shape index (κ1) is 20.2. The summed E-state index contributed by atoms with van der Waals surface area (Å²) in [7, 11) is 0. The first-order valence-electron chi connectivity index (χ1n) is 9.29. The van der Waals surface area contributed by atoms with Crippen molar-refractivity contribution in [3.63, 3.8) is 0 Å². The normalized spacial score (nSPS) is 16.7. The minimum atomic E-state index is 0.401. The maximum atomic E-state index is 5.60. The van der Waals surface area contributed by atoms with Crippen molar-refractivity contribution in [3.8, 4) is 0 Å². The van der Waals surface area contributed by atoms with Crippen LogP contribution in [0.1, 0.15) is 53.4 Å². The molecule has 1 fully saturated rings. The fourth-order valence-electron chi connectivity index (χ4n) is 2.39. The van der Waals surface area contributed by atoms with Gasteiger partial charge in [-0.3, -0.25) is 4.99 Å². The number of ether oxygens (including phenoxy) is 2. The summed E-state index contributed by atoms with van der Waals surface area (Å²) >= 11 is 0. The predicted octanol–water partition coefficient (Wildman–Crippen LogP) is 2.81. The molecule has 0 radical (unpaired) electrons. The lowest BCUT2D eigenvalue weighted by Gasteiger charge is -2.15. The van der Waals surface area contributed by atoms with Gasteiger partial charge in [-0.25, -0.2) is 0 Å². The molecule has 23 heavy (non-hydrogen) atoms. The Bertz CT molecular complexity index is 328. The highest BCUT2D eigenvalue weighted by Gasteiger charge is 2.41. The van der Waals surface area contributed by atoms with Crippen molar-refractivity contribution < 1.29 is 9.47 Å². The number of guanidine groups is 1. The summed E-state index contributed by atoms with van der Waals surface area (Å²) in [5, 5.41) is 6.73. The van der Waals surface area contributed by atoms with E-state index in [4.69, 9.17) is 14.5 Å². The van der Waals surface area contributed by atoms with E-state index in [2.05, 4.69) is 38.3 Å². The number of nitrogens with zero attached hydrogens (tertiary/aromatic N) is 1. The average molecular weight is 328 g/mol. The van der Waals surface area contributed by atoms with E-state index in [1.165, 1.54) is 12.8 Å². The van der Waals surface area contributed by atoms with Crippen LogP contribution in [0.2, 0.25) is 0 Å². The first-order chi connectivity index (χ1) is 11.1. The number of nitrogens with one attached hydrogen (secondary N) is 2. The van der Waals surface area contributed by atoms with Crippen LogP contribution in [-0.4, -0.2) is 52.0 Å². The molecular formula is C18H37N3O2. The molecule has 136 valence electrons. The van der Waals surface area contributed by atoms with Crippen LogP contribution in [0.25, 0.3) is 0 Å². The van der Waals surface area contributed by atoms with Crippen molar-refractivity contribution in [3.05, 3.63) is 0 Å². The highest BCUT2D eigenvalue weighted by Crippen LogP contribution is 2.48. The fraction of sp³-hybridized carbons (Fsp3) is 0.944. The Morgan fingerprint density at radius 2 is 1.91 bits per heavy atom. The lowest BCUT2D eigenvalue weighted by Crippen LogP contribution is -2.38. The zero-order valence-electron chi connectivity index (χ0n) is 15.6. The van der Waals surface area contributed by atoms with Gasteiger partial charge in [-0.15, -0.1) is 0 Å². The molecule has 0 amide bonds. The summed E-state index contributed by atoms with van der Waals surface area (Å²) in [6.07, 6.45) is 4.71. The van der Waals surface area contributed by atoms with Gasteiger partial charge in [-0.2, -0.15) is 0 Å². The van der Waals surface area contributed by atoms with E-state index >= 15 is 0 Å². The van der Waals surface area contributed by atoms with Gasteiger partial charge in [0.15, 0.2) is 5.96 Å². The van der Waals surface area contributed by atoms with Crippen LogP contribution in [0.5, 0.6) is 0 Å². The second-order valence-corrected chi connectivity index (χ2v) is 6.89. The van der Waals surface area contributed by atoms with Crippen LogP contribution in [0, 0.1) is 11.3 Å². The molecular weight excluding hydrogens is 290 g/mol. The fourth-order valence-corrected chi connectivity index (χ4v) is 2.39. The Hall–Kier alpha value is -0.810. The largest absolute Gasteiger partial charge is 0.382 e. The van der Waals surface area contributed by atoms with Crippen molar-refractivity contribution in [2.75, 3.05) is 46.1 Å². The van der Waals surface area contributed by atoms with Gasteiger partial charge in [0.25, 0.3) is 0 Å². The molecule has 0 aliphatic heterocycles. The molecule has 1 saturated carbocycles. The zero-order valence-corrected chi connectivity index (χ0v) is 15.6. The van der Waals surface area contributed by atoms with Crippen LogP contribution in [0.3, 0.4) is 0 Å². The van der Waals surface area contributed by atoms with Crippen LogP contribution in [0.4, 0.5) is 0 Å².